The first-order valence-electron chi connectivity index (χ1n) is 14.3. The number of amides is 2. The van der Waals surface area contributed by atoms with Gasteiger partial charge in [-0.05, 0) is 18.4 Å². The molecule has 3 fully saturated rings. The molecule has 0 saturated carbocycles. The van der Waals surface area contributed by atoms with Gasteiger partial charge in [0.1, 0.15) is 6.04 Å². The van der Waals surface area contributed by atoms with Crippen molar-refractivity contribution in [3.63, 3.8) is 0 Å². The quantitative estimate of drug-likeness (QED) is 0.409. The van der Waals surface area contributed by atoms with Gasteiger partial charge in [0.2, 0.25) is 11.8 Å². The summed E-state index contributed by atoms with van der Waals surface area (Å²) in [6.45, 7) is 4.67. The number of thioether (sulfide) groups is 1. The average Bonchev–Trinajstić information content (AvgIpc) is 3.39. The van der Waals surface area contributed by atoms with Crippen molar-refractivity contribution in [3.05, 3.63) is 60.2 Å². The monoisotopic (exact) mass is 567 g/mol. The number of hydrogen-bond donors (Lipinski definition) is 1. The summed E-state index contributed by atoms with van der Waals surface area (Å²) in [4.78, 5) is 48.2. The third-order valence-electron chi connectivity index (χ3n) is 8.86. The Morgan fingerprint density at radius 2 is 1.82 bits per heavy atom. The zero-order valence-electron chi connectivity index (χ0n) is 22.6. The molecule has 40 heavy (non-hydrogen) atoms. The summed E-state index contributed by atoms with van der Waals surface area (Å²) in [7, 11) is 0. The Morgan fingerprint density at radius 3 is 2.60 bits per heavy atom. The van der Waals surface area contributed by atoms with Crippen molar-refractivity contribution < 1.29 is 29.0 Å². The van der Waals surface area contributed by atoms with Crippen molar-refractivity contribution >= 4 is 29.5 Å². The van der Waals surface area contributed by atoms with Crippen molar-refractivity contribution in [2.75, 3.05) is 59.2 Å². The largest absolute Gasteiger partial charge is 0.465 e. The lowest BCUT2D eigenvalue weighted by Crippen LogP contribution is -2.55. The topological polar surface area (TPSA) is 99.6 Å². The Balaban J connectivity index is 1.40. The number of ether oxygens (including phenoxy) is 2. The molecule has 6 rings (SSSR count). The van der Waals surface area contributed by atoms with Crippen molar-refractivity contribution in [1.82, 2.24) is 14.7 Å². The third-order valence-corrected chi connectivity index (χ3v) is 10.6. The number of likely N-dealkylation sites (tertiary alicyclic amines) is 1. The number of fused-ring (bicyclic) bond motifs is 2. The number of cyclic esters (lactones) is 1. The summed E-state index contributed by atoms with van der Waals surface area (Å²) in [5.41, 5.74) is 0.757. The second kappa shape index (κ2) is 11.7. The average molecular weight is 568 g/mol. The first kappa shape index (κ1) is 27.5. The van der Waals surface area contributed by atoms with E-state index in [0.29, 0.717) is 32.9 Å². The summed E-state index contributed by atoms with van der Waals surface area (Å²) >= 11 is 1.54. The van der Waals surface area contributed by atoms with Crippen molar-refractivity contribution in [3.8, 4) is 0 Å². The van der Waals surface area contributed by atoms with Gasteiger partial charge in [-0.1, -0.05) is 54.6 Å². The van der Waals surface area contributed by atoms with Crippen molar-refractivity contribution in [2.24, 2.45) is 11.8 Å². The summed E-state index contributed by atoms with van der Waals surface area (Å²) < 4.78 is 10.2. The van der Waals surface area contributed by atoms with E-state index in [2.05, 4.69) is 11.0 Å². The van der Waals surface area contributed by atoms with E-state index < -0.39 is 28.7 Å². The minimum absolute atomic E-state index is 0.139. The number of esters is 1. The van der Waals surface area contributed by atoms with Gasteiger partial charge < -0.3 is 24.4 Å². The van der Waals surface area contributed by atoms with Gasteiger partial charge in [0.05, 0.1) is 49.1 Å². The molecule has 1 aromatic carbocycles. The number of allylic oxidation sites excluding steroid dienone is 1. The highest BCUT2D eigenvalue weighted by atomic mass is 32.2. The van der Waals surface area contributed by atoms with Crippen molar-refractivity contribution in [2.45, 2.75) is 34.9 Å². The molecule has 10 heteroatoms. The van der Waals surface area contributed by atoms with Crippen LogP contribution in [0.4, 0.5) is 0 Å². The van der Waals surface area contributed by atoms with Crippen LogP contribution < -0.4 is 0 Å². The van der Waals surface area contributed by atoms with Crippen LogP contribution in [0.1, 0.15) is 24.4 Å². The summed E-state index contributed by atoms with van der Waals surface area (Å²) in [6.07, 6.45) is 9.63. The Hall–Kier alpha value is -2.66. The molecular weight excluding hydrogens is 530 g/mol. The smallest absolute Gasteiger partial charge is 0.311 e. The minimum Gasteiger partial charge on any atom is -0.465 e. The van der Waals surface area contributed by atoms with E-state index in [1.54, 1.807) is 4.90 Å². The standard InChI is InChI=1S/C30H37N3O6S/c34-20-22(21-8-3-1-4-9-21)33-26-28(36)32(14-13-31-15-18-38-19-16-31)12-7-11-30(26)25(27(33)35)24-23(40-30)10-5-2-6-17-39-29(24)37/h1,3-5,7-11,22-26,34H,2,6,12-20H2/b10-5-/t22-,23-,24+,25+,26?,30+/m1/s1. The number of rotatable bonds is 6. The van der Waals surface area contributed by atoms with Crippen LogP contribution >= 0.6 is 11.8 Å². The molecule has 3 saturated heterocycles. The number of hydrogen-bond acceptors (Lipinski definition) is 8. The van der Waals surface area contributed by atoms with E-state index in [1.807, 2.05) is 53.5 Å². The Labute approximate surface area is 239 Å². The predicted molar refractivity (Wildman–Crippen MR) is 150 cm³/mol. The Bertz CT molecular complexity index is 1170. The lowest BCUT2D eigenvalue weighted by Gasteiger charge is -2.39. The molecular formula is C30H37N3O6S. The fraction of sp³-hybridized carbons (Fsp3) is 0.567. The summed E-state index contributed by atoms with van der Waals surface area (Å²) in [5, 5.41) is 10.4. The first-order chi connectivity index (χ1) is 19.5. The van der Waals surface area contributed by atoms with Crippen LogP contribution in [0.25, 0.3) is 0 Å². The van der Waals surface area contributed by atoms with Crippen LogP contribution in [-0.2, 0) is 23.9 Å². The molecule has 5 heterocycles. The zero-order valence-corrected chi connectivity index (χ0v) is 23.4. The molecule has 5 aliphatic rings. The van der Waals surface area contributed by atoms with E-state index in [9.17, 15) is 19.5 Å². The maximum atomic E-state index is 14.5. The molecule has 1 aromatic rings. The van der Waals surface area contributed by atoms with E-state index in [1.165, 1.54) is 11.8 Å². The maximum Gasteiger partial charge on any atom is 0.311 e. The van der Waals surface area contributed by atoms with Gasteiger partial charge in [-0.3, -0.25) is 19.3 Å². The first-order valence-corrected chi connectivity index (χ1v) is 15.2. The molecule has 0 aromatic heterocycles. The van der Waals surface area contributed by atoms with E-state index in [0.717, 1.165) is 38.0 Å². The number of carbonyl (C=O) groups is 3. The number of morpholine rings is 1. The number of benzene rings is 1. The molecule has 2 amide bonds. The van der Waals surface area contributed by atoms with Crippen LogP contribution in [0.2, 0.25) is 0 Å². The van der Waals surface area contributed by atoms with Gasteiger partial charge in [0.15, 0.2) is 0 Å². The number of aliphatic hydroxyl groups is 1. The normalized spacial score (nSPS) is 34.2. The molecule has 0 aliphatic carbocycles. The minimum atomic E-state index is -0.942. The highest BCUT2D eigenvalue weighted by Gasteiger charge is 2.71. The molecule has 1 N–H and O–H groups in total. The van der Waals surface area contributed by atoms with Gasteiger partial charge in [-0.2, -0.15) is 0 Å². The lowest BCUT2D eigenvalue weighted by molar-refractivity contribution is -0.153. The highest BCUT2D eigenvalue weighted by Crippen LogP contribution is 2.61. The number of nitrogens with zero attached hydrogens (tertiary/aromatic N) is 3. The van der Waals surface area contributed by atoms with Crippen molar-refractivity contribution in [1.29, 1.82) is 0 Å². The van der Waals surface area contributed by atoms with Gasteiger partial charge in [0.25, 0.3) is 0 Å². The number of aliphatic hydroxyl groups excluding tert-OH is 1. The highest BCUT2D eigenvalue weighted by molar-refractivity contribution is 8.02. The fourth-order valence-corrected chi connectivity index (χ4v) is 8.88. The van der Waals surface area contributed by atoms with E-state index in [-0.39, 0.29) is 29.6 Å². The SMILES string of the molecule is O=C1OCCC/C=C\[C@H]2S[C@]34C=CCN(CCN5CCOCC5)C(=O)C3N([C@H](CO)c3ccccc3)C(=O)[C@@H]4[C@@H]12. The van der Waals surface area contributed by atoms with Gasteiger partial charge in [-0.15, -0.1) is 11.8 Å². The molecule has 0 radical (unpaired) electrons. The van der Waals surface area contributed by atoms with E-state index >= 15 is 0 Å². The van der Waals surface area contributed by atoms with Crippen LogP contribution in [-0.4, -0.2) is 113 Å². The van der Waals surface area contributed by atoms with Crippen LogP contribution in [0.5, 0.6) is 0 Å². The molecule has 0 bridgehead atoms. The van der Waals surface area contributed by atoms with Gasteiger partial charge in [0, 0.05) is 38.0 Å². The Kier molecular flexibility index (Phi) is 8.03. The van der Waals surface area contributed by atoms with E-state index in [4.69, 9.17) is 9.47 Å². The Morgan fingerprint density at radius 1 is 1.02 bits per heavy atom. The molecule has 5 aliphatic heterocycles. The predicted octanol–water partition coefficient (Wildman–Crippen LogP) is 1.64. The molecule has 9 nitrogen and oxygen atoms in total. The lowest BCUT2D eigenvalue weighted by atomic mass is 9.78. The molecule has 1 spiro atoms. The van der Waals surface area contributed by atoms with Gasteiger partial charge >= 0.3 is 5.97 Å². The van der Waals surface area contributed by atoms with Crippen LogP contribution in [0, 0.1) is 11.8 Å². The van der Waals surface area contributed by atoms with Crippen LogP contribution in [0.3, 0.4) is 0 Å². The number of carbonyl (C=O) groups excluding carboxylic acids is 3. The van der Waals surface area contributed by atoms with Crippen LogP contribution in [0.15, 0.2) is 54.6 Å². The molecule has 1 unspecified atom stereocenters. The molecule has 214 valence electrons. The third kappa shape index (κ3) is 4.78. The summed E-state index contributed by atoms with van der Waals surface area (Å²) in [6, 6.07) is 7.79. The molecule has 6 atom stereocenters. The second-order valence-electron chi connectivity index (χ2n) is 11.1. The summed E-state index contributed by atoms with van der Waals surface area (Å²) in [5.74, 6) is -2.26. The zero-order chi connectivity index (χ0) is 27.7. The fourth-order valence-electron chi connectivity index (χ4n) is 6.89. The maximum absolute atomic E-state index is 14.5. The van der Waals surface area contributed by atoms with Gasteiger partial charge in [-0.25, -0.2) is 0 Å². The second-order valence-corrected chi connectivity index (χ2v) is 12.6.